The minimum atomic E-state index is 0.909. The van der Waals surface area contributed by atoms with Crippen molar-refractivity contribution in [2.24, 2.45) is 0 Å². The van der Waals surface area contributed by atoms with Gasteiger partial charge in [0.1, 0.15) is 0 Å². The monoisotopic (exact) mass is 97.0 g/mol. The van der Waals surface area contributed by atoms with E-state index in [0.29, 0.717) is 0 Å². The van der Waals surface area contributed by atoms with Crippen LogP contribution in [-0.2, 0) is 0 Å². The minimum absolute atomic E-state index is 0.909. The third kappa shape index (κ3) is 0.803. The highest BCUT2D eigenvalue weighted by molar-refractivity contribution is 7.42. The average molecular weight is 97.1 g/mol. The molecule has 1 unspecified atom stereocenters. The van der Waals surface area contributed by atoms with E-state index in [1.807, 2.05) is 6.08 Å². The van der Waals surface area contributed by atoms with Gasteiger partial charge in [0.15, 0.2) is 0 Å². The van der Waals surface area contributed by atoms with Gasteiger partial charge in [-0.15, -0.1) is 8.20 Å². The largest absolute Gasteiger partial charge is 0.140 e. The molecule has 1 rings (SSSR count). The Morgan fingerprint density at radius 3 is 2.17 bits per heavy atom. The lowest BCUT2D eigenvalue weighted by atomic mass is 10.5. The summed E-state index contributed by atoms with van der Waals surface area (Å²) in [7, 11) is 0.909. The topological polar surface area (TPSA) is 0 Å². The van der Waals surface area contributed by atoms with Crippen LogP contribution in [-0.4, -0.2) is 5.80 Å². The van der Waals surface area contributed by atoms with Crippen LogP contribution in [0.1, 0.15) is 0 Å². The maximum absolute atomic E-state index is 2.15. The van der Waals surface area contributed by atoms with Crippen LogP contribution in [0.2, 0.25) is 0 Å². The highest BCUT2D eigenvalue weighted by atomic mass is 31.1. The third-order valence-electron chi connectivity index (χ3n) is 0.607. The van der Waals surface area contributed by atoms with Crippen LogP contribution in [0.25, 0.3) is 0 Å². The van der Waals surface area contributed by atoms with E-state index < -0.39 is 0 Å². The maximum atomic E-state index is 2.15. The first-order chi connectivity index (χ1) is 3.00. The summed E-state index contributed by atoms with van der Waals surface area (Å²) in [5.74, 6) is 4.31. The lowest BCUT2D eigenvalue weighted by Crippen LogP contribution is -1.56. The smallest absolute Gasteiger partial charge is 0.0454 e. The zero-order chi connectivity index (χ0) is 4.24. The van der Waals surface area contributed by atoms with Crippen molar-refractivity contribution in [2.75, 3.05) is 0 Å². The lowest BCUT2D eigenvalue weighted by molar-refractivity contribution is 2.06. The van der Waals surface area contributed by atoms with E-state index in [1.54, 1.807) is 0 Å². The summed E-state index contributed by atoms with van der Waals surface area (Å²) < 4.78 is 0. The normalized spacial score (nSPS) is 18.7. The molecule has 0 N–H and O–H groups in total. The molecule has 0 saturated carbocycles. The zero-order valence-electron chi connectivity index (χ0n) is 3.39. The van der Waals surface area contributed by atoms with Gasteiger partial charge in [-0.2, -0.15) is 0 Å². The van der Waals surface area contributed by atoms with Gasteiger partial charge < -0.3 is 0 Å². The first-order valence-electron chi connectivity index (χ1n) is 1.91. The molecule has 1 aliphatic rings. The van der Waals surface area contributed by atoms with E-state index in [-0.39, 0.29) is 0 Å². The summed E-state index contributed by atoms with van der Waals surface area (Å²) in [6.07, 6.45) is 6.17. The predicted octanol–water partition coefficient (Wildman–Crippen LogP) is 1.55. The second-order valence-corrected chi connectivity index (χ2v) is 2.08. The van der Waals surface area contributed by atoms with Crippen molar-refractivity contribution >= 4 is 14.0 Å². The van der Waals surface area contributed by atoms with Crippen molar-refractivity contribution in [3.63, 3.8) is 0 Å². The maximum Gasteiger partial charge on any atom is -0.0454 e. The van der Waals surface area contributed by atoms with E-state index in [2.05, 4.69) is 23.8 Å². The van der Waals surface area contributed by atoms with Crippen LogP contribution in [0.4, 0.5) is 0 Å². The lowest BCUT2D eigenvalue weighted by Gasteiger charge is -1.77. The van der Waals surface area contributed by atoms with Crippen LogP contribution in [0.5, 0.6) is 0 Å². The number of hydrogen-bond donors (Lipinski definition) is 0. The zero-order valence-corrected chi connectivity index (χ0v) is 4.39. The SMILES string of the molecule is C1=CC=[PH]C=C1. The molecular formula is C5H6P. The minimum Gasteiger partial charge on any atom is -0.140 e. The fourth-order valence-electron chi connectivity index (χ4n) is 0.342. The summed E-state index contributed by atoms with van der Waals surface area (Å²) in [6.45, 7) is 0. The molecular weight excluding hydrogens is 91.0 g/mol. The van der Waals surface area contributed by atoms with Crippen LogP contribution < -0.4 is 0 Å². The summed E-state index contributed by atoms with van der Waals surface area (Å²) >= 11 is 0. The highest BCUT2D eigenvalue weighted by Crippen LogP contribution is 1.99. The summed E-state index contributed by atoms with van der Waals surface area (Å²) in [4.78, 5) is 0. The molecule has 1 atom stereocenters. The second kappa shape index (κ2) is 1.94. The third-order valence-corrected chi connectivity index (χ3v) is 1.38. The van der Waals surface area contributed by atoms with E-state index >= 15 is 0 Å². The molecule has 0 aromatic carbocycles. The quantitative estimate of drug-likeness (QED) is 0.402. The Morgan fingerprint density at radius 1 is 1.00 bits per heavy atom. The molecule has 0 spiro atoms. The Hall–Kier alpha value is -0.350. The predicted molar refractivity (Wildman–Crippen MR) is 32.7 cm³/mol. The van der Waals surface area contributed by atoms with Crippen molar-refractivity contribution in [3.8, 4) is 0 Å². The number of rotatable bonds is 0. The second-order valence-electron chi connectivity index (χ2n) is 1.08. The summed E-state index contributed by atoms with van der Waals surface area (Å²) in [5, 5.41) is 0. The molecule has 0 aliphatic carbocycles. The molecule has 0 fully saturated rings. The fraction of sp³-hybridized carbons (Fsp3) is 0. The Bertz CT molecular complexity index is 73.3. The van der Waals surface area contributed by atoms with E-state index in [4.69, 9.17) is 0 Å². The average Bonchev–Trinajstić information content (AvgIpc) is 1.72. The van der Waals surface area contributed by atoms with Gasteiger partial charge in [-0.05, 0) is 11.6 Å². The molecule has 0 nitrogen and oxygen atoms in total. The van der Waals surface area contributed by atoms with Crippen molar-refractivity contribution in [2.45, 2.75) is 0 Å². The molecule has 0 aromatic heterocycles. The van der Waals surface area contributed by atoms with Gasteiger partial charge in [-0.25, -0.2) is 0 Å². The molecule has 1 radical (unpaired) electrons. The van der Waals surface area contributed by atoms with E-state index in [1.165, 1.54) is 0 Å². The molecule has 0 aromatic rings. The van der Waals surface area contributed by atoms with Gasteiger partial charge in [0.2, 0.25) is 0 Å². The van der Waals surface area contributed by atoms with Crippen LogP contribution in [0, 0.1) is 0 Å². The standard InChI is InChI=1S/C5H6P/c1-2-4-6-5-3-1/h1-6H. The Kier molecular flexibility index (Phi) is 1.24. The Balaban J connectivity index is 2.77. The molecule has 6 heavy (non-hydrogen) atoms. The molecule has 0 saturated heterocycles. The van der Waals surface area contributed by atoms with Crippen LogP contribution in [0.15, 0.2) is 24.0 Å². The van der Waals surface area contributed by atoms with Crippen molar-refractivity contribution in [3.05, 3.63) is 24.0 Å². The van der Waals surface area contributed by atoms with Crippen LogP contribution in [0.3, 0.4) is 0 Å². The fourth-order valence-corrected chi connectivity index (χ4v) is 0.897. The van der Waals surface area contributed by atoms with Gasteiger partial charge >= 0.3 is 0 Å². The Morgan fingerprint density at radius 2 is 2.00 bits per heavy atom. The molecule has 1 heterocycles. The Labute approximate surface area is 39.0 Å². The van der Waals surface area contributed by atoms with Gasteiger partial charge in [-0.1, -0.05) is 18.2 Å². The van der Waals surface area contributed by atoms with E-state index in [9.17, 15) is 0 Å². The van der Waals surface area contributed by atoms with Gasteiger partial charge in [0.05, 0.1) is 0 Å². The van der Waals surface area contributed by atoms with E-state index in [0.717, 1.165) is 8.20 Å². The molecule has 1 aliphatic heterocycles. The summed E-state index contributed by atoms with van der Waals surface area (Å²) in [6, 6.07) is 0. The first kappa shape index (κ1) is 3.83. The highest BCUT2D eigenvalue weighted by Gasteiger charge is 1.64. The number of allylic oxidation sites excluding steroid dienone is 3. The van der Waals surface area contributed by atoms with Crippen molar-refractivity contribution in [1.29, 1.82) is 0 Å². The van der Waals surface area contributed by atoms with Gasteiger partial charge in [0, 0.05) is 0 Å². The van der Waals surface area contributed by atoms with Crippen molar-refractivity contribution < 1.29 is 0 Å². The van der Waals surface area contributed by atoms with Crippen molar-refractivity contribution in [1.82, 2.24) is 0 Å². The molecule has 0 amide bonds. The number of hydrogen-bond acceptors (Lipinski definition) is 0. The molecule has 1 heteroatoms. The van der Waals surface area contributed by atoms with Gasteiger partial charge in [-0.3, -0.25) is 0 Å². The molecule has 0 bridgehead atoms. The first-order valence-corrected chi connectivity index (χ1v) is 3.07. The van der Waals surface area contributed by atoms with Crippen LogP contribution >= 0.6 is 8.20 Å². The summed E-state index contributed by atoms with van der Waals surface area (Å²) in [5.41, 5.74) is 0. The molecule has 31 valence electrons. The van der Waals surface area contributed by atoms with Gasteiger partial charge in [0.25, 0.3) is 0 Å².